The molecule has 0 aromatic heterocycles. The zero-order chi connectivity index (χ0) is 23.8. The highest BCUT2D eigenvalue weighted by atomic mass is 19.4. The summed E-state index contributed by atoms with van der Waals surface area (Å²) in [5.74, 6) is 0. The second kappa shape index (κ2) is 8.39. The van der Waals surface area contributed by atoms with Gasteiger partial charge in [-0.2, -0.15) is 13.2 Å². The zero-order valence-electron chi connectivity index (χ0n) is 18.9. The summed E-state index contributed by atoms with van der Waals surface area (Å²) in [5.41, 5.74) is 3.03. The zero-order valence-corrected chi connectivity index (χ0v) is 18.9. The average Bonchev–Trinajstić information content (AvgIpc) is 2.76. The van der Waals surface area contributed by atoms with Crippen LogP contribution in [0.2, 0.25) is 0 Å². The number of alkyl halides is 3. The molecule has 0 saturated carbocycles. The predicted molar refractivity (Wildman–Crippen MR) is 114 cm³/mol. The highest BCUT2D eigenvalue weighted by Gasteiger charge is 2.52. The normalized spacial score (nSPS) is 18.8. The lowest BCUT2D eigenvalue weighted by Gasteiger charge is -2.32. The van der Waals surface area contributed by atoms with Gasteiger partial charge < -0.3 is 25.1 Å². The van der Waals surface area contributed by atoms with Gasteiger partial charge in [0, 0.05) is 12.2 Å². The molecule has 0 atom stereocenters. The monoisotopic (exact) mass is 442 g/mol. The predicted octanol–water partition coefficient (Wildman–Crippen LogP) is 4.83. The minimum atomic E-state index is -4.58. The Hall–Kier alpha value is -2.20. The highest BCUT2D eigenvalue weighted by molar-refractivity contribution is 6.56. The topological polar surface area (TPSA) is 82.8 Å². The summed E-state index contributed by atoms with van der Waals surface area (Å²) >= 11 is 0. The Morgan fingerprint density at radius 3 is 2.19 bits per heavy atom. The van der Waals surface area contributed by atoms with Crippen LogP contribution in [0.15, 0.2) is 23.7 Å². The summed E-state index contributed by atoms with van der Waals surface area (Å²) in [4.78, 5) is 12.1. The lowest BCUT2D eigenvalue weighted by atomic mass is 9.76. The van der Waals surface area contributed by atoms with Crippen molar-refractivity contribution in [1.29, 1.82) is 0 Å². The molecule has 1 aliphatic heterocycles. The van der Waals surface area contributed by atoms with Gasteiger partial charge in [-0.1, -0.05) is 6.08 Å². The first kappa shape index (κ1) is 25.1. The van der Waals surface area contributed by atoms with E-state index in [-0.39, 0.29) is 17.8 Å². The third kappa shape index (κ3) is 6.40. The minimum absolute atomic E-state index is 0.141. The van der Waals surface area contributed by atoms with Crippen molar-refractivity contribution >= 4 is 25.0 Å². The fourth-order valence-electron chi connectivity index (χ4n) is 2.84. The number of anilines is 1. The van der Waals surface area contributed by atoms with Crippen molar-refractivity contribution in [3.05, 3.63) is 34.8 Å². The van der Waals surface area contributed by atoms with Gasteiger partial charge in [-0.05, 0) is 77.7 Å². The van der Waals surface area contributed by atoms with E-state index in [1.54, 1.807) is 20.8 Å². The molecule has 0 spiro atoms. The van der Waals surface area contributed by atoms with Gasteiger partial charge in [-0.25, -0.2) is 4.79 Å². The molecule has 1 amide bonds. The lowest BCUT2D eigenvalue weighted by Crippen LogP contribution is -2.41. The lowest BCUT2D eigenvalue weighted by molar-refractivity contribution is -0.137. The number of nitrogens with one attached hydrogen (secondary N) is 1. The molecule has 0 unspecified atom stereocenters. The molecule has 1 saturated heterocycles. The van der Waals surface area contributed by atoms with Crippen LogP contribution in [0.1, 0.15) is 59.6 Å². The second-order valence-corrected chi connectivity index (χ2v) is 9.51. The molecular weight excluding hydrogens is 412 g/mol. The van der Waals surface area contributed by atoms with Gasteiger partial charge in [-0.15, -0.1) is 0 Å². The van der Waals surface area contributed by atoms with Crippen LogP contribution in [0, 0.1) is 0 Å². The van der Waals surface area contributed by atoms with Gasteiger partial charge in [0.1, 0.15) is 5.60 Å². The van der Waals surface area contributed by atoms with E-state index in [9.17, 15) is 18.0 Å². The van der Waals surface area contributed by atoms with E-state index < -0.39 is 41.8 Å². The van der Waals surface area contributed by atoms with Gasteiger partial charge in [-0.3, -0.25) is 0 Å². The number of carbonyl (C=O) groups excluding carboxylic acids is 1. The standard InChI is InChI=1S/C21H30BF3N2O4/c1-18(2,3)29-17(28)27-12-14(22-30-19(4,5)20(6,7)31-22)10-13-11-15(26)8-9-16(13)21(23,24)25/h8-11H,12,26H2,1-7H3,(H,27,28). The Kier molecular flexibility index (Phi) is 6.78. The first-order valence-electron chi connectivity index (χ1n) is 9.91. The van der Waals surface area contributed by atoms with E-state index in [1.807, 2.05) is 27.7 Å². The van der Waals surface area contributed by atoms with Gasteiger partial charge in [0.2, 0.25) is 0 Å². The van der Waals surface area contributed by atoms with E-state index in [0.29, 0.717) is 5.47 Å². The molecule has 1 heterocycles. The fraction of sp³-hybridized carbons (Fsp3) is 0.571. The Morgan fingerprint density at radius 1 is 1.16 bits per heavy atom. The Morgan fingerprint density at radius 2 is 1.71 bits per heavy atom. The first-order valence-corrected chi connectivity index (χ1v) is 9.91. The van der Waals surface area contributed by atoms with E-state index in [4.69, 9.17) is 19.8 Å². The van der Waals surface area contributed by atoms with Crippen molar-refractivity contribution in [3.63, 3.8) is 0 Å². The number of halogens is 3. The number of carbonyl (C=O) groups is 1. The van der Waals surface area contributed by atoms with Gasteiger partial charge in [0.05, 0.1) is 16.8 Å². The SMILES string of the molecule is CC(C)(C)OC(=O)NCC(=Cc1cc(N)ccc1C(F)(F)F)B1OC(C)(C)C(C)(C)O1. The van der Waals surface area contributed by atoms with Crippen LogP contribution in [0.3, 0.4) is 0 Å². The summed E-state index contributed by atoms with van der Waals surface area (Å²) in [7, 11) is -0.970. The molecule has 0 bridgehead atoms. The van der Waals surface area contributed by atoms with Gasteiger partial charge in [0.15, 0.2) is 0 Å². The van der Waals surface area contributed by atoms with Crippen molar-refractivity contribution in [2.45, 2.75) is 71.4 Å². The molecule has 172 valence electrons. The molecule has 3 N–H and O–H groups in total. The van der Waals surface area contributed by atoms with Crippen molar-refractivity contribution in [3.8, 4) is 0 Å². The minimum Gasteiger partial charge on any atom is -0.444 e. The fourth-order valence-corrected chi connectivity index (χ4v) is 2.84. The second-order valence-electron chi connectivity index (χ2n) is 9.51. The van der Waals surface area contributed by atoms with Crippen molar-refractivity contribution in [2.75, 3.05) is 12.3 Å². The first-order chi connectivity index (χ1) is 13.9. The maximum absolute atomic E-state index is 13.5. The number of nitrogens with two attached hydrogens (primary N) is 1. The van der Waals surface area contributed by atoms with Crippen LogP contribution in [0.5, 0.6) is 0 Å². The van der Waals surface area contributed by atoms with Crippen LogP contribution >= 0.6 is 0 Å². The maximum atomic E-state index is 13.5. The molecule has 2 rings (SSSR count). The van der Waals surface area contributed by atoms with Crippen LogP contribution < -0.4 is 11.1 Å². The number of rotatable bonds is 4. The average molecular weight is 442 g/mol. The number of alkyl carbamates (subject to hydrolysis) is 1. The number of benzene rings is 1. The third-order valence-corrected chi connectivity index (χ3v) is 5.11. The number of nitrogen functional groups attached to an aromatic ring is 1. The summed E-state index contributed by atoms with van der Waals surface area (Å²) in [6, 6.07) is 3.33. The molecular formula is C21H30BF3N2O4. The van der Waals surface area contributed by atoms with E-state index in [2.05, 4.69) is 5.32 Å². The number of hydrogen-bond acceptors (Lipinski definition) is 5. The van der Waals surface area contributed by atoms with Gasteiger partial charge >= 0.3 is 19.4 Å². The van der Waals surface area contributed by atoms with Crippen molar-refractivity contribution in [2.24, 2.45) is 0 Å². The van der Waals surface area contributed by atoms with Crippen LogP contribution in [-0.4, -0.2) is 36.6 Å². The molecule has 0 aliphatic carbocycles. The summed E-state index contributed by atoms with van der Waals surface area (Å²) in [6.45, 7) is 12.3. The molecule has 6 nitrogen and oxygen atoms in total. The number of amides is 1. The van der Waals surface area contributed by atoms with Crippen LogP contribution in [0.25, 0.3) is 6.08 Å². The van der Waals surface area contributed by atoms with E-state index >= 15 is 0 Å². The summed E-state index contributed by atoms with van der Waals surface area (Å²) < 4.78 is 57.8. The number of hydrogen-bond donors (Lipinski definition) is 2. The number of ether oxygens (including phenoxy) is 1. The molecule has 1 fully saturated rings. The largest absolute Gasteiger partial charge is 0.492 e. The smallest absolute Gasteiger partial charge is 0.444 e. The summed E-state index contributed by atoms with van der Waals surface area (Å²) in [6.07, 6.45) is -4.00. The summed E-state index contributed by atoms with van der Waals surface area (Å²) in [5, 5.41) is 2.56. The van der Waals surface area contributed by atoms with Crippen molar-refractivity contribution in [1.82, 2.24) is 5.32 Å². The molecule has 1 aliphatic rings. The quantitative estimate of drug-likeness (QED) is 0.516. The Bertz CT molecular complexity index is 845. The van der Waals surface area contributed by atoms with Crippen LogP contribution in [0.4, 0.5) is 23.7 Å². The Balaban J connectivity index is 2.44. The molecule has 10 heteroatoms. The third-order valence-electron chi connectivity index (χ3n) is 5.11. The van der Waals surface area contributed by atoms with Crippen LogP contribution in [-0.2, 0) is 20.2 Å². The maximum Gasteiger partial charge on any atom is 0.492 e. The van der Waals surface area contributed by atoms with Crippen molar-refractivity contribution < 1.29 is 32.0 Å². The highest BCUT2D eigenvalue weighted by Crippen LogP contribution is 2.40. The molecule has 1 aromatic rings. The molecule has 1 aromatic carbocycles. The Labute approximate surface area is 181 Å². The van der Waals surface area contributed by atoms with E-state index in [1.165, 1.54) is 18.2 Å². The van der Waals surface area contributed by atoms with E-state index in [0.717, 1.165) is 6.07 Å². The van der Waals surface area contributed by atoms with Gasteiger partial charge in [0.25, 0.3) is 0 Å². The molecule has 0 radical (unpaired) electrons. The molecule has 31 heavy (non-hydrogen) atoms.